The van der Waals surface area contributed by atoms with E-state index in [9.17, 15) is 13.9 Å². The lowest BCUT2D eigenvalue weighted by atomic mass is 10.1. The second kappa shape index (κ2) is 5.85. The Kier molecular flexibility index (Phi) is 3.80. The molecule has 0 spiro atoms. The molecular formula is C15H13F2N3O3S. The van der Waals surface area contributed by atoms with E-state index in [1.54, 1.807) is 6.07 Å². The van der Waals surface area contributed by atoms with Crippen LogP contribution in [-0.4, -0.2) is 49.7 Å². The number of aliphatic hydroxyl groups excluding tert-OH is 2. The van der Waals surface area contributed by atoms with Crippen LogP contribution in [0.15, 0.2) is 30.0 Å². The molecule has 4 atom stereocenters. The molecule has 24 heavy (non-hydrogen) atoms. The molecule has 0 aliphatic carbocycles. The molecule has 6 nitrogen and oxygen atoms in total. The first-order valence-corrected chi connectivity index (χ1v) is 8.13. The van der Waals surface area contributed by atoms with Crippen molar-refractivity contribution >= 4 is 22.4 Å². The highest BCUT2D eigenvalue weighted by Gasteiger charge is 2.45. The molecule has 1 aliphatic rings. The average Bonchev–Trinajstić information content (AvgIpc) is 3.29. The zero-order chi connectivity index (χ0) is 16.8. The van der Waals surface area contributed by atoms with Crippen LogP contribution >= 0.6 is 11.3 Å². The molecule has 1 fully saturated rings. The molecule has 126 valence electrons. The lowest BCUT2D eigenvalue weighted by Gasteiger charge is -2.15. The summed E-state index contributed by atoms with van der Waals surface area (Å²) < 4.78 is 35.4. The van der Waals surface area contributed by atoms with Crippen LogP contribution < -0.4 is 0 Å². The van der Waals surface area contributed by atoms with E-state index in [1.807, 2.05) is 11.4 Å². The second-order valence-corrected chi connectivity index (χ2v) is 6.41. The molecule has 9 heteroatoms. The third kappa shape index (κ3) is 2.24. The minimum absolute atomic E-state index is 0.165. The van der Waals surface area contributed by atoms with E-state index in [1.165, 1.54) is 22.2 Å². The molecule has 0 unspecified atom stereocenters. The molecule has 0 aromatic carbocycles. The Morgan fingerprint density at radius 2 is 2.21 bits per heavy atom. The Hall–Kier alpha value is -1.94. The fourth-order valence-electron chi connectivity index (χ4n) is 2.91. The van der Waals surface area contributed by atoms with Crippen molar-refractivity contribution in [3.63, 3.8) is 0 Å². The Morgan fingerprint density at radius 3 is 2.88 bits per heavy atom. The van der Waals surface area contributed by atoms with Crippen LogP contribution in [0.1, 0.15) is 6.23 Å². The fourth-order valence-corrected chi connectivity index (χ4v) is 3.64. The van der Waals surface area contributed by atoms with Gasteiger partial charge in [0.2, 0.25) is 0 Å². The maximum atomic E-state index is 14.5. The van der Waals surface area contributed by atoms with Gasteiger partial charge in [-0.15, -0.1) is 11.3 Å². The van der Waals surface area contributed by atoms with Gasteiger partial charge in [0, 0.05) is 6.20 Å². The van der Waals surface area contributed by atoms with E-state index in [4.69, 9.17) is 9.84 Å². The number of hydrogen-bond donors (Lipinski definition) is 2. The van der Waals surface area contributed by atoms with Crippen molar-refractivity contribution in [2.75, 3.05) is 6.61 Å². The molecule has 0 amide bonds. The highest BCUT2D eigenvalue weighted by atomic mass is 32.1. The van der Waals surface area contributed by atoms with Crippen LogP contribution in [0, 0.1) is 5.82 Å². The first kappa shape index (κ1) is 15.6. The highest BCUT2D eigenvalue weighted by molar-refractivity contribution is 7.13. The predicted octanol–water partition coefficient (Wildman–Crippen LogP) is 1.89. The largest absolute Gasteiger partial charge is 0.394 e. The Balaban J connectivity index is 1.86. The number of thiophene rings is 1. The van der Waals surface area contributed by atoms with Crippen molar-refractivity contribution in [2.45, 2.75) is 24.6 Å². The minimum Gasteiger partial charge on any atom is -0.394 e. The van der Waals surface area contributed by atoms with Crippen molar-refractivity contribution in [1.82, 2.24) is 14.5 Å². The summed E-state index contributed by atoms with van der Waals surface area (Å²) in [6, 6.07) is 3.63. The highest BCUT2D eigenvalue weighted by Crippen LogP contribution is 2.37. The maximum Gasteiger partial charge on any atom is 0.173 e. The summed E-state index contributed by atoms with van der Waals surface area (Å²) >= 11 is 1.40. The van der Waals surface area contributed by atoms with Gasteiger partial charge in [0.1, 0.15) is 24.2 Å². The number of nitrogens with zero attached hydrogens (tertiary/aromatic N) is 3. The van der Waals surface area contributed by atoms with Crippen LogP contribution in [0.2, 0.25) is 0 Å². The van der Waals surface area contributed by atoms with Crippen LogP contribution in [0.3, 0.4) is 0 Å². The fraction of sp³-hybridized carbons (Fsp3) is 0.333. The summed E-state index contributed by atoms with van der Waals surface area (Å²) in [5.74, 6) is -0.605. The standard InChI is InChI=1S/C15H13F2N3O3S/c16-7-4-20(15-11(17)13(22)8(5-21)23-15)14-10(7)12(18-6-19-14)9-2-1-3-24-9/h1-4,6,8,11,13,15,21-22H,5H2/t8-,11+,13-,15-/m1/s1. The zero-order valence-electron chi connectivity index (χ0n) is 12.2. The number of rotatable bonds is 3. The van der Waals surface area contributed by atoms with Gasteiger partial charge in [-0.3, -0.25) is 4.57 Å². The Labute approximate surface area is 139 Å². The smallest absolute Gasteiger partial charge is 0.173 e. The van der Waals surface area contributed by atoms with E-state index in [0.717, 1.165) is 11.1 Å². The zero-order valence-corrected chi connectivity index (χ0v) is 13.0. The molecular weight excluding hydrogens is 340 g/mol. The maximum absolute atomic E-state index is 14.5. The second-order valence-electron chi connectivity index (χ2n) is 5.47. The van der Waals surface area contributed by atoms with Crippen LogP contribution in [0.25, 0.3) is 21.6 Å². The molecule has 3 aromatic heterocycles. The topological polar surface area (TPSA) is 80.4 Å². The summed E-state index contributed by atoms with van der Waals surface area (Å²) in [5, 5.41) is 20.9. The third-order valence-electron chi connectivity index (χ3n) is 4.07. The van der Waals surface area contributed by atoms with Gasteiger partial charge in [-0.25, -0.2) is 18.7 Å². The van der Waals surface area contributed by atoms with E-state index >= 15 is 0 Å². The van der Waals surface area contributed by atoms with Crippen LogP contribution in [0.5, 0.6) is 0 Å². The number of ether oxygens (including phenoxy) is 1. The Bertz CT molecular complexity index is 870. The third-order valence-corrected chi connectivity index (χ3v) is 4.94. The summed E-state index contributed by atoms with van der Waals surface area (Å²) in [5.41, 5.74) is 0.586. The first-order valence-electron chi connectivity index (χ1n) is 7.25. The first-order chi connectivity index (χ1) is 11.6. The number of hydrogen-bond acceptors (Lipinski definition) is 6. The van der Waals surface area contributed by atoms with Gasteiger partial charge in [0.05, 0.1) is 22.6 Å². The van der Waals surface area contributed by atoms with E-state index in [2.05, 4.69) is 9.97 Å². The van der Waals surface area contributed by atoms with E-state index in [-0.39, 0.29) is 11.0 Å². The lowest BCUT2D eigenvalue weighted by molar-refractivity contribution is -0.0459. The molecule has 0 radical (unpaired) electrons. The molecule has 4 heterocycles. The van der Waals surface area contributed by atoms with Gasteiger partial charge in [0.25, 0.3) is 0 Å². The van der Waals surface area contributed by atoms with Gasteiger partial charge >= 0.3 is 0 Å². The van der Waals surface area contributed by atoms with E-state index in [0.29, 0.717) is 5.69 Å². The number of alkyl halides is 1. The minimum atomic E-state index is -1.81. The number of fused-ring (bicyclic) bond motifs is 1. The van der Waals surface area contributed by atoms with Crippen molar-refractivity contribution < 1.29 is 23.7 Å². The lowest BCUT2D eigenvalue weighted by Crippen LogP contribution is -2.30. The van der Waals surface area contributed by atoms with E-state index < -0.39 is 37.0 Å². The van der Waals surface area contributed by atoms with Crippen molar-refractivity contribution in [2.24, 2.45) is 0 Å². The normalized spacial score (nSPS) is 27.2. The molecule has 1 aliphatic heterocycles. The number of aliphatic hydroxyl groups is 2. The summed E-state index contributed by atoms with van der Waals surface area (Å²) in [6.45, 7) is -0.533. The molecule has 3 aromatic rings. The van der Waals surface area contributed by atoms with Crippen LogP contribution in [0.4, 0.5) is 8.78 Å². The molecule has 2 N–H and O–H groups in total. The van der Waals surface area contributed by atoms with Gasteiger partial charge in [-0.2, -0.15) is 0 Å². The van der Waals surface area contributed by atoms with Gasteiger partial charge < -0.3 is 14.9 Å². The quantitative estimate of drug-likeness (QED) is 0.752. The number of aromatic nitrogens is 3. The number of halogens is 2. The summed E-state index contributed by atoms with van der Waals surface area (Å²) in [7, 11) is 0. The monoisotopic (exact) mass is 353 g/mol. The summed E-state index contributed by atoms with van der Waals surface area (Å²) in [4.78, 5) is 8.95. The summed E-state index contributed by atoms with van der Waals surface area (Å²) in [6.07, 6.45) is -3.27. The predicted molar refractivity (Wildman–Crippen MR) is 82.7 cm³/mol. The van der Waals surface area contributed by atoms with Gasteiger partial charge in [-0.05, 0) is 11.4 Å². The van der Waals surface area contributed by atoms with Gasteiger partial charge in [0.15, 0.2) is 18.2 Å². The molecule has 4 rings (SSSR count). The molecule has 0 bridgehead atoms. The van der Waals surface area contributed by atoms with Crippen molar-refractivity contribution in [3.8, 4) is 10.6 Å². The van der Waals surface area contributed by atoms with Crippen molar-refractivity contribution in [1.29, 1.82) is 0 Å². The Morgan fingerprint density at radius 1 is 1.38 bits per heavy atom. The van der Waals surface area contributed by atoms with Gasteiger partial charge in [-0.1, -0.05) is 6.07 Å². The molecule has 1 saturated heterocycles. The van der Waals surface area contributed by atoms with Crippen LogP contribution in [-0.2, 0) is 4.74 Å². The SMILES string of the molecule is OC[C@H]1O[C@@H](n2cc(F)c3c(-c4cccs4)ncnc32)[C@@H](F)[C@@H]1O. The average molecular weight is 353 g/mol. The molecule has 0 saturated carbocycles. The van der Waals surface area contributed by atoms with Crippen molar-refractivity contribution in [3.05, 3.63) is 35.9 Å².